The van der Waals surface area contributed by atoms with Crippen molar-refractivity contribution in [3.8, 4) is 5.75 Å². The van der Waals surface area contributed by atoms with Gasteiger partial charge in [-0.1, -0.05) is 42.5 Å². The SMILES string of the molecule is O=C([O-])N1CC(O)C(c2ccc(OCCCOCc3ccccc3)cc2)C(CO)C1. The van der Waals surface area contributed by atoms with E-state index in [1.807, 2.05) is 54.6 Å². The first-order valence-electron chi connectivity index (χ1n) is 10.2. The van der Waals surface area contributed by atoms with E-state index >= 15 is 0 Å². The quantitative estimate of drug-likeness (QED) is 0.601. The van der Waals surface area contributed by atoms with Crippen LogP contribution in [0.4, 0.5) is 4.79 Å². The first-order chi connectivity index (χ1) is 14.6. The number of likely N-dealkylation sites (tertiary alicyclic amines) is 1. The monoisotopic (exact) mass is 414 g/mol. The highest BCUT2D eigenvalue weighted by Crippen LogP contribution is 2.34. The zero-order valence-electron chi connectivity index (χ0n) is 16.9. The molecule has 2 aromatic rings. The molecular formula is C23H28NO6-. The number of hydrogen-bond donors (Lipinski definition) is 2. The van der Waals surface area contributed by atoms with Gasteiger partial charge in [0.15, 0.2) is 0 Å². The first kappa shape index (κ1) is 22.1. The molecule has 162 valence electrons. The van der Waals surface area contributed by atoms with E-state index in [-0.39, 0.29) is 31.5 Å². The summed E-state index contributed by atoms with van der Waals surface area (Å²) in [6, 6.07) is 17.4. The van der Waals surface area contributed by atoms with Crippen molar-refractivity contribution in [1.82, 2.24) is 4.90 Å². The van der Waals surface area contributed by atoms with Crippen molar-refractivity contribution >= 4 is 6.09 Å². The van der Waals surface area contributed by atoms with Crippen molar-refractivity contribution in [2.45, 2.75) is 25.0 Å². The Morgan fingerprint density at radius 2 is 1.80 bits per heavy atom. The van der Waals surface area contributed by atoms with Gasteiger partial charge in [-0.05, 0) is 23.3 Å². The second-order valence-electron chi connectivity index (χ2n) is 7.52. The molecule has 1 fully saturated rings. The second kappa shape index (κ2) is 11.0. The van der Waals surface area contributed by atoms with E-state index < -0.39 is 12.2 Å². The van der Waals surface area contributed by atoms with E-state index in [4.69, 9.17) is 9.47 Å². The van der Waals surface area contributed by atoms with E-state index in [0.717, 1.165) is 22.4 Å². The normalized spacial score (nSPS) is 21.4. The number of aliphatic hydroxyl groups excluding tert-OH is 2. The number of amides is 1. The van der Waals surface area contributed by atoms with E-state index in [1.54, 1.807) is 0 Å². The zero-order valence-corrected chi connectivity index (χ0v) is 16.9. The Morgan fingerprint density at radius 3 is 2.47 bits per heavy atom. The molecule has 1 heterocycles. The molecule has 1 amide bonds. The highest BCUT2D eigenvalue weighted by atomic mass is 16.5. The molecule has 3 unspecified atom stereocenters. The van der Waals surface area contributed by atoms with Crippen LogP contribution in [0, 0.1) is 5.92 Å². The van der Waals surface area contributed by atoms with Crippen LogP contribution in [-0.4, -0.2) is 60.2 Å². The Hall–Kier alpha value is -2.61. The number of aliphatic hydroxyl groups is 2. The van der Waals surface area contributed by atoms with Crippen LogP contribution < -0.4 is 9.84 Å². The molecule has 0 aliphatic carbocycles. The number of carboxylic acid groups (broad SMARTS) is 1. The fraction of sp³-hybridized carbons (Fsp3) is 0.435. The molecule has 7 nitrogen and oxygen atoms in total. The standard InChI is InChI=1S/C23H29NO6/c25-15-19-13-24(23(27)28)14-21(26)22(19)18-7-9-20(10-8-18)30-12-4-11-29-16-17-5-2-1-3-6-17/h1-3,5-10,19,21-22,25-26H,4,11-16H2,(H,27,28)/p-1. The molecule has 3 rings (SSSR count). The average Bonchev–Trinajstić information content (AvgIpc) is 2.76. The molecule has 0 saturated carbocycles. The lowest BCUT2D eigenvalue weighted by molar-refractivity contribution is -0.269. The van der Waals surface area contributed by atoms with Crippen molar-refractivity contribution in [3.63, 3.8) is 0 Å². The number of piperidine rings is 1. The predicted molar refractivity (Wildman–Crippen MR) is 109 cm³/mol. The summed E-state index contributed by atoms with van der Waals surface area (Å²) in [5.74, 6) is -0.0183. The van der Waals surface area contributed by atoms with Crippen molar-refractivity contribution in [3.05, 3.63) is 65.7 Å². The third kappa shape index (κ3) is 5.95. The topological polar surface area (TPSA) is 102 Å². The molecule has 0 radical (unpaired) electrons. The van der Waals surface area contributed by atoms with Gasteiger partial charge in [-0.3, -0.25) is 0 Å². The van der Waals surface area contributed by atoms with Gasteiger partial charge in [0.05, 0.1) is 25.9 Å². The van der Waals surface area contributed by atoms with Crippen molar-refractivity contribution in [2.24, 2.45) is 5.92 Å². The number of carbonyl (C=O) groups excluding carboxylic acids is 1. The minimum Gasteiger partial charge on any atom is -0.530 e. The molecule has 2 aromatic carbocycles. The average molecular weight is 414 g/mol. The summed E-state index contributed by atoms with van der Waals surface area (Å²) in [6.07, 6.45) is -1.47. The number of benzene rings is 2. The maximum atomic E-state index is 11.1. The van der Waals surface area contributed by atoms with Gasteiger partial charge in [-0.2, -0.15) is 0 Å². The maximum Gasteiger partial charge on any atom is 0.137 e. The summed E-state index contributed by atoms with van der Waals surface area (Å²) < 4.78 is 11.4. The largest absolute Gasteiger partial charge is 0.530 e. The summed E-state index contributed by atoms with van der Waals surface area (Å²) >= 11 is 0. The summed E-state index contributed by atoms with van der Waals surface area (Å²) in [5, 5.41) is 31.2. The molecule has 1 aliphatic rings. The molecule has 30 heavy (non-hydrogen) atoms. The number of rotatable bonds is 9. The Kier molecular flexibility index (Phi) is 8.07. The van der Waals surface area contributed by atoms with Gasteiger partial charge < -0.3 is 34.5 Å². The molecule has 1 aliphatic heterocycles. The van der Waals surface area contributed by atoms with E-state index in [9.17, 15) is 20.1 Å². The van der Waals surface area contributed by atoms with E-state index in [2.05, 4.69) is 0 Å². The second-order valence-corrected chi connectivity index (χ2v) is 7.52. The minimum absolute atomic E-state index is 0.0231. The number of hydrogen-bond acceptors (Lipinski definition) is 6. The molecule has 1 saturated heterocycles. The lowest BCUT2D eigenvalue weighted by Gasteiger charge is -2.42. The van der Waals surface area contributed by atoms with Crippen LogP contribution in [0.3, 0.4) is 0 Å². The summed E-state index contributed by atoms with van der Waals surface area (Å²) in [6.45, 7) is 1.62. The smallest absolute Gasteiger partial charge is 0.137 e. The Labute approximate surface area is 176 Å². The van der Waals surface area contributed by atoms with Crippen molar-refractivity contribution in [2.75, 3.05) is 32.9 Å². The lowest BCUT2D eigenvalue weighted by Crippen LogP contribution is -2.54. The molecule has 3 atom stereocenters. The summed E-state index contributed by atoms with van der Waals surface area (Å²) in [7, 11) is 0. The highest BCUT2D eigenvalue weighted by molar-refractivity contribution is 5.62. The maximum absolute atomic E-state index is 11.1. The molecule has 0 aromatic heterocycles. The van der Waals surface area contributed by atoms with Crippen molar-refractivity contribution < 1.29 is 29.6 Å². The van der Waals surface area contributed by atoms with Crippen LogP contribution in [0.5, 0.6) is 5.75 Å². The highest BCUT2D eigenvalue weighted by Gasteiger charge is 2.36. The summed E-state index contributed by atoms with van der Waals surface area (Å²) in [5.41, 5.74) is 1.99. The molecular weight excluding hydrogens is 386 g/mol. The van der Waals surface area contributed by atoms with Crippen LogP contribution in [0.2, 0.25) is 0 Å². The molecule has 7 heteroatoms. The molecule has 0 spiro atoms. The van der Waals surface area contributed by atoms with Gasteiger partial charge in [-0.15, -0.1) is 0 Å². The first-order valence-corrected chi connectivity index (χ1v) is 10.2. The van der Waals surface area contributed by atoms with Gasteiger partial charge in [0.1, 0.15) is 11.8 Å². The number of ether oxygens (including phenoxy) is 2. The number of nitrogens with zero attached hydrogens (tertiary/aromatic N) is 1. The van der Waals surface area contributed by atoms with Gasteiger partial charge in [0.2, 0.25) is 0 Å². The van der Waals surface area contributed by atoms with Crippen LogP contribution in [0.15, 0.2) is 54.6 Å². The van der Waals surface area contributed by atoms with Gasteiger partial charge >= 0.3 is 0 Å². The van der Waals surface area contributed by atoms with Gasteiger partial charge in [0, 0.05) is 38.0 Å². The molecule has 2 N–H and O–H groups in total. The van der Waals surface area contributed by atoms with Crippen LogP contribution >= 0.6 is 0 Å². The van der Waals surface area contributed by atoms with Gasteiger partial charge in [-0.25, -0.2) is 0 Å². The Morgan fingerprint density at radius 1 is 1.07 bits per heavy atom. The third-order valence-corrected chi connectivity index (χ3v) is 5.36. The van der Waals surface area contributed by atoms with Crippen molar-refractivity contribution in [1.29, 1.82) is 0 Å². The number of carbonyl (C=O) groups is 1. The van der Waals surface area contributed by atoms with Gasteiger partial charge in [0.25, 0.3) is 0 Å². The predicted octanol–water partition coefficient (Wildman–Crippen LogP) is 1.38. The van der Waals surface area contributed by atoms with Crippen LogP contribution in [0.25, 0.3) is 0 Å². The number of β-amino-alcohol motifs (C(OH)–C–C–N with tert-alkyl or cyclic N) is 1. The fourth-order valence-corrected chi connectivity index (χ4v) is 3.84. The van der Waals surface area contributed by atoms with Crippen LogP contribution in [0.1, 0.15) is 23.5 Å². The Balaban J connectivity index is 1.44. The Bertz CT molecular complexity index is 782. The van der Waals surface area contributed by atoms with Crippen LogP contribution in [-0.2, 0) is 11.3 Å². The molecule has 0 bridgehead atoms. The summed E-state index contributed by atoms with van der Waals surface area (Å²) in [4.78, 5) is 12.1. The fourth-order valence-electron chi connectivity index (χ4n) is 3.84. The third-order valence-electron chi connectivity index (χ3n) is 5.36. The zero-order chi connectivity index (χ0) is 21.3. The van der Waals surface area contributed by atoms with E-state index in [1.165, 1.54) is 0 Å². The lowest BCUT2D eigenvalue weighted by atomic mass is 9.79. The minimum atomic E-state index is -1.33. The van der Waals surface area contributed by atoms with E-state index in [0.29, 0.717) is 25.6 Å².